The molecule has 2 aromatic carbocycles. The van der Waals surface area contributed by atoms with E-state index < -0.39 is 23.2 Å². The first-order chi connectivity index (χ1) is 13.3. The van der Waals surface area contributed by atoms with Gasteiger partial charge in [-0.25, -0.2) is 13.6 Å². The van der Waals surface area contributed by atoms with Gasteiger partial charge in [-0.05, 0) is 43.2 Å². The van der Waals surface area contributed by atoms with E-state index in [1.54, 1.807) is 26.0 Å². The number of rotatable bonds is 5. The number of halogens is 2. The molecule has 2 N–H and O–H groups in total. The van der Waals surface area contributed by atoms with Gasteiger partial charge in [0.25, 0.3) is 5.56 Å². The Morgan fingerprint density at radius 3 is 2.57 bits per heavy atom. The summed E-state index contributed by atoms with van der Waals surface area (Å²) in [5, 5.41) is 9.34. The molecule has 28 heavy (non-hydrogen) atoms. The van der Waals surface area contributed by atoms with Gasteiger partial charge in [0.05, 0.1) is 11.1 Å². The van der Waals surface area contributed by atoms with Crippen LogP contribution in [0, 0.1) is 25.5 Å². The first kappa shape index (κ1) is 19.3. The highest BCUT2D eigenvalue weighted by molar-refractivity contribution is 5.92. The number of hydrogen-bond donors (Lipinski definition) is 2. The number of pyridine rings is 1. The largest absolute Gasteiger partial charge is 0.488 e. The molecule has 1 aromatic heterocycles. The highest BCUT2D eigenvalue weighted by Gasteiger charge is 2.18. The monoisotopic (exact) mass is 385 g/mol. The van der Waals surface area contributed by atoms with Crippen molar-refractivity contribution in [1.82, 2.24) is 4.98 Å². The molecule has 3 aromatic rings. The average Bonchev–Trinajstić information content (AvgIpc) is 2.61. The molecule has 0 aliphatic rings. The third kappa shape index (κ3) is 3.78. The molecule has 0 unspecified atom stereocenters. The van der Waals surface area contributed by atoms with Gasteiger partial charge in [0.1, 0.15) is 24.0 Å². The van der Waals surface area contributed by atoms with Crippen molar-refractivity contribution in [3.63, 3.8) is 0 Å². The fraction of sp³-hybridized carbons (Fsp3) is 0.143. The smallest absolute Gasteiger partial charge is 0.335 e. The molecule has 0 amide bonds. The maximum absolute atomic E-state index is 13.9. The minimum atomic E-state index is -1.11. The molecule has 0 saturated heterocycles. The number of nitrogens with one attached hydrogen (secondary N) is 1. The van der Waals surface area contributed by atoms with Crippen molar-refractivity contribution >= 4 is 5.97 Å². The first-order valence-electron chi connectivity index (χ1n) is 8.42. The van der Waals surface area contributed by atoms with Crippen LogP contribution in [0.5, 0.6) is 5.75 Å². The number of aromatic carboxylic acids is 1. The normalized spacial score (nSPS) is 10.7. The fourth-order valence-electron chi connectivity index (χ4n) is 2.96. The minimum absolute atomic E-state index is 0.0630. The van der Waals surface area contributed by atoms with Gasteiger partial charge in [0, 0.05) is 23.4 Å². The molecule has 3 rings (SSSR count). The Morgan fingerprint density at radius 1 is 1.14 bits per heavy atom. The van der Waals surface area contributed by atoms with E-state index in [1.807, 2.05) is 0 Å². The Hall–Kier alpha value is -3.48. The number of aromatic nitrogens is 1. The average molecular weight is 385 g/mol. The van der Waals surface area contributed by atoms with Gasteiger partial charge in [-0.2, -0.15) is 0 Å². The Labute approximate surface area is 159 Å². The van der Waals surface area contributed by atoms with E-state index in [2.05, 4.69) is 4.98 Å². The van der Waals surface area contributed by atoms with Crippen molar-refractivity contribution in [3.05, 3.63) is 86.8 Å². The molecule has 0 aliphatic heterocycles. The zero-order valence-electron chi connectivity index (χ0n) is 15.2. The predicted octanol–water partition coefficient (Wildman–Crippen LogP) is 4.21. The van der Waals surface area contributed by atoms with E-state index in [1.165, 1.54) is 18.2 Å². The molecule has 0 fully saturated rings. The SMILES string of the molecule is Cc1cc(OCc2ccc(F)cc2F)c(-c2cccc(C(=O)O)c2C)c(=O)[nH]1. The van der Waals surface area contributed by atoms with Crippen LogP contribution in [0.4, 0.5) is 8.78 Å². The van der Waals surface area contributed by atoms with Crippen LogP contribution >= 0.6 is 0 Å². The highest BCUT2D eigenvalue weighted by atomic mass is 19.1. The topological polar surface area (TPSA) is 79.4 Å². The zero-order chi connectivity index (χ0) is 20.4. The van der Waals surface area contributed by atoms with Crippen molar-refractivity contribution in [2.75, 3.05) is 0 Å². The maximum Gasteiger partial charge on any atom is 0.335 e. The van der Waals surface area contributed by atoms with Crippen LogP contribution in [0.2, 0.25) is 0 Å². The van der Waals surface area contributed by atoms with E-state index in [4.69, 9.17) is 4.74 Å². The van der Waals surface area contributed by atoms with Gasteiger partial charge < -0.3 is 14.8 Å². The van der Waals surface area contributed by atoms with Gasteiger partial charge >= 0.3 is 5.97 Å². The van der Waals surface area contributed by atoms with E-state index in [-0.39, 0.29) is 29.0 Å². The summed E-state index contributed by atoms with van der Waals surface area (Å²) < 4.78 is 32.6. The number of ether oxygens (including phenoxy) is 1. The molecule has 5 nitrogen and oxygen atoms in total. The van der Waals surface area contributed by atoms with E-state index in [0.717, 1.165) is 12.1 Å². The molecule has 0 saturated carbocycles. The summed E-state index contributed by atoms with van der Waals surface area (Å²) in [6, 6.07) is 9.31. The second-order valence-corrected chi connectivity index (χ2v) is 6.33. The third-order valence-electron chi connectivity index (χ3n) is 4.36. The molecule has 0 radical (unpaired) electrons. The lowest BCUT2D eigenvalue weighted by molar-refractivity contribution is 0.0696. The fourth-order valence-corrected chi connectivity index (χ4v) is 2.96. The number of H-pyrrole nitrogens is 1. The van der Waals surface area contributed by atoms with Gasteiger partial charge in [-0.1, -0.05) is 12.1 Å². The predicted molar refractivity (Wildman–Crippen MR) is 99.6 cm³/mol. The molecule has 1 heterocycles. The molecule has 0 aliphatic carbocycles. The summed E-state index contributed by atoms with van der Waals surface area (Å²) in [7, 11) is 0. The highest BCUT2D eigenvalue weighted by Crippen LogP contribution is 2.31. The minimum Gasteiger partial charge on any atom is -0.488 e. The Bertz CT molecular complexity index is 1120. The van der Waals surface area contributed by atoms with Gasteiger partial charge in [0.15, 0.2) is 0 Å². The molecule has 0 atom stereocenters. The van der Waals surface area contributed by atoms with E-state index in [9.17, 15) is 23.5 Å². The van der Waals surface area contributed by atoms with Crippen molar-refractivity contribution in [2.24, 2.45) is 0 Å². The first-order valence-corrected chi connectivity index (χ1v) is 8.42. The Morgan fingerprint density at radius 2 is 1.89 bits per heavy atom. The molecular weight excluding hydrogens is 368 g/mol. The molecule has 0 bridgehead atoms. The molecular formula is C21H17F2NO4. The summed E-state index contributed by atoms with van der Waals surface area (Å²) in [5.41, 5.74) is 1.21. The molecule has 7 heteroatoms. The number of hydrogen-bond acceptors (Lipinski definition) is 3. The lowest BCUT2D eigenvalue weighted by atomic mass is 9.96. The second-order valence-electron chi connectivity index (χ2n) is 6.33. The lowest BCUT2D eigenvalue weighted by Gasteiger charge is -2.15. The van der Waals surface area contributed by atoms with E-state index >= 15 is 0 Å². The van der Waals surface area contributed by atoms with Gasteiger partial charge in [0.2, 0.25) is 0 Å². The van der Waals surface area contributed by atoms with E-state index in [0.29, 0.717) is 16.8 Å². The Balaban J connectivity index is 2.07. The Kier molecular flexibility index (Phi) is 5.26. The van der Waals surface area contributed by atoms with Gasteiger partial charge in [-0.15, -0.1) is 0 Å². The van der Waals surface area contributed by atoms with Crippen LogP contribution in [0.1, 0.15) is 27.2 Å². The number of carboxylic acid groups (broad SMARTS) is 1. The van der Waals surface area contributed by atoms with Crippen LogP contribution in [0.3, 0.4) is 0 Å². The number of aryl methyl sites for hydroxylation is 1. The summed E-state index contributed by atoms with van der Waals surface area (Å²) in [4.78, 5) is 26.7. The molecule has 0 spiro atoms. The maximum atomic E-state index is 13.9. The van der Waals surface area contributed by atoms with Crippen LogP contribution < -0.4 is 10.3 Å². The number of aromatic amines is 1. The second kappa shape index (κ2) is 7.64. The lowest BCUT2D eigenvalue weighted by Crippen LogP contribution is -2.14. The van der Waals surface area contributed by atoms with Crippen LogP contribution in [-0.2, 0) is 6.61 Å². The van der Waals surface area contributed by atoms with Crippen LogP contribution in [-0.4, -0.2) is 16.1 Å². The zero-order valence-corrected chi connectivity index (χ0v) is 15.2. The number of carbonyl (C=O) groups is 1. The van der Waals surface area contributed by atoms with Crippen molar-refractivity contribution in [1.29, 1.82) is 0 Å². The quantitative estimate of drug-likeness (QED) is 0.689. The third-order valence-corrected chi connectivity index (χ3v) is 4.36. The van der Waals surface area contributed by atoms with Crippen LogP contribution in [0.15, 0.2) is 47.3 Å². The summed E-state index contributed by atoms with van der Waals surface area (Å²) in [5.74, 6) is -2.39. The summed E-state index contributed by atoms with van der Waals surface area (Å²) in [6.45, 7) is 3.04. The van der Waals surface area contributed by atoms with Crippen molar-refractivity contribution < 1.29 is 23.4 Å². The standard InChI is InChI=1S/C21H17F2NO4/c1-11-8-18(28-10-13-6-7-14(22)9-17(13)23)19(20(25)24-11)15-4-3-5-16(12(15)2)21(26)27/h3-9H,10H2,1-2H3,(H,24,25)(H,26,27). The van der Waals surface area contributed by atoms with Crippen molar-refractivity contribution in [3.8, 4) is 16.9 Å². The van der Waals surface area contributed by atoms with Crippen molar-refractivity contribution in [2.45, 2.75) is 20.5 Å². The summed E-state index contributed by atoms with van der Waals surface area (Å²) in [6.07, 6.45) is 0. The number of carboxylic acids is 1. The molecule has 144 valence electrons. The van der Waals surface area contributed by atoms with Gasteiger partial charge in [-0.3, -0.25) is 4.79 Å². The summed E-state index contributed by atoms with van der Waals surface area (Å²) >= 11 is 0. The van der Waals surface area contributed by atoms with Crippen LogP contribution in [0.25, 0.3) is 11.1 Å². The number of benzene rings is 2.